The lowest BCUT2D eigenvalue weighted by Crippen LogP contribution is -2.41. The van der Waals surface area contributed by atoms with Gasteiger partial charge in [-0.15, -0.1) is 0 Å². The molecule has 6 nitrogen and oxygen atoms in total. The molecular formula is C18H14F2N4O2. The van der Waals surface area contributed by atoms with Crippen LogP contribution >= 0.6 is 0 Å². The van der Waals surface area contributed by atoms with Crippen LogP contribution in [0.4, 0.5) is 13.6 Å². The molecule has 3 heterocycles. The van der Waals surface area contributed by atoms with Crippen molar-refractivity contribution in [2.24, 2.45) is 0 Å². The monoisotopic (exact) mass is 356 g/mol. The summed E-state index contributed by atoms with van der Waals surface area (Å²) in [6.07, 6.45) is 3.53. The Labute approximate surface area is 147 Å². The zero-order valence-electron chi connectivity index (χ0n) is 13.7. The third kappa shape index (κ3) is 2.42. The van der Waals surface area contributed by atoms with E-state index < -0.39 is 29.1 Å². The van der Waals surface area contributed by atoms with Crippen LogP contribution in [-0.4, -0.2) is 26.2 Å². The number of hydrogen-bond donors (Lipinski definition) is 1. The smallest absolute Gasteiger partial charge is 0.319 e. The number of imide groups is 1. The summed E-state index contributed by atoms with van der Waals surface area (Å²) in [6.45, 7) is 1.44. The Balaban J connectivity index is 1.65. The van der Waals surface area contributed by atoms with E-state index in [0.717, 1.165) is 17.0 Å². The van der Waals surface area contributed by atoms with Gasteiger partial charge in [-0.25, -0.2) is 18.6 Å². The minimum atomic E-state index is -1.47. The van der Waals surface area contributed by atoms with Gasteiger partial charge in [-0.1, -0.05) is 12.1 Å². The number of carbonyl (C=O) groups excluding carboxylic acids is 2. The Morgan fingerprint density at radius 1 is 1.15 bits per heavy atom. The number of imidazole rings is 1. The number of carbonyl (C=O) groups is 2. The average molecular weight is 356 g/mol. The normalized spacial score (nSPS) is 20.0. The molecule has 1 fully saturated rings. The number of halogens is 2. The minimum absolute atomic E-state index is 0.0222. The Kier molecular flexibility index (Phi) is 3.50. The van der Waals surface area contributed by atoms with Gasteiger partial charge in [-0.05, 0) is 36.8 Å². The maximum atomic E-state index is 13.6. The van der Waals surface area contributed by atoms with Gasteiger partial charge in [0.25, 0.3) is 5.91 Å². The molecule has 4 rings (SSSR count). The van der Waals surface area contributed by atoms with E-state index >= 15 is 0 Å². The lowest BCUT2D eigenvalue weighted by atomic mass is 9.92. The molecule has 1 aliphatic rings. The largest absolute Gasteiger partial charge is 0.325 e. The van der Waals surface area contributed by atoms with Crippen LogP contribution < -0.4 is 5.32 Å². The van der Waals surface area contributed by atoms with Gasteiger partial charge >= 0.3 is 6.03 Å². The molecule has 3 amide bonds. The second-order valence-electron chi connectivity index (χ2n) is 6.27. The molecule has 8 heteroatoms. The third-order valence-corrected chi connectivity index (χ3v) is 4.51. The van der Waals surface area contributed by atoms with Gasteiger partial charge in [-0.2, -0.15) is 0 Å². The number of fused-ring (bicyclic) bond motifs is 1. The summed E-state index contributed by atoms with van der Waals surface area (Å²) in [5.41, 5.74) is -0.0652. The molecule has 26 heavy (non-hydrogen) atoms. The van der Waals surface area contributed by atoms with Gasteiger partial charge in [0.15, 0.2) is 11.6 Å². The number of pyridine rings is 1. The zero-order valence-corrected chi connectivity index (χ0v) is 13.7. The lowest BCUT2D eigenvalue weighted by Gasteiger charge is -2.22. The van der Waals surface area contributed by atoms with Crippen molar-refractivity contribution in [3.63, 3.8) is 0 Å². The molecule has 2 aromatic heterocycles. The van der Waals surface area contributed by atoms with Crippen LogP contribution in [0.15, 0.2) is 48.8 Å². The molecule has 1 saturated heterocycles. The summed E-state index contributed by atoms with van der Waals surface area (Å²) in [6, 6.07) is 8.00. The molecule has 0 saturated carbocycles. The van der Waals surface area contributed by atoms with Gasteiger partial charge in [-0.3, -0.25) is 9.69 Å². The fourth-order valence-corrected chi connectivity index (χ4v) is 3.07. The highest BCUT2D eigenvalue weighted by Crippen LogP contribution is 2.30. The zero-order chi connectivity index (χ0) is 18.5. The van der Waals surface area contributed by atoms with Crippen molar-refractivity contribution in [3.05, 3.63) is 71.7 Å². The molecule has 1 aromatic carbocycles. The van der Waals surface area contributed by atoms with Crippen LogP contribution in [0.3, 0.4) is 0 Å². The van der Waals surface area contributed by atoms with Crippen LogP contribution in [-0.2, 0) is 16.9 Å². The lowest BCUT2D eigenvalue weighted by molar-refractivity contribution is -0.131. The van der Waals surface area contributed by atoms with Crippen molar-refractivity contribution in [1.29, 1.82) is 0 Å². The van der Waals surface area contributed by atoms with Gasteiger partial charge in [0.05, 0.1) is 12.2 Å². The maximum Gasteiger partial charge on any atom is 0.325 e. The summed E-state index contributed by atoms with van der Waals surface area (Å²) < 4.78 is 28.5. The predicted octanol–water partition coefficient (Wildman–Crippen LogP) is 2.58. The fourth-order valence-electron chi connectivity index (χ4n) is 3.07. The molecule has 1 N–H and O–H groups in total. The van der Waals surface area contributed by atoms with E-state index in [-0.39, 0.29) is 12.1 Å². The quantitative estimate of drug-likeness (QED) is 0.734. The summed E-state index contributed by atoms with van der Waals surface area (Å²) >= 11 is 0. The summed E-state index contributed by atoms with van der Waals surface area (Å²) in [5.74, 6) is -2.65. The van der Waals surface area contributed by atoms with E-state index in [2.05, 4.69) is 10.3 Å². The number of benzene rings is 1. The number of hydrogen-bond acceptors (Lipinski definition) is 3. The van der Waals surface area contributed by atoms with E-state index in [0.29, 0.717) is 11.3 Å². The average Bonchev–Trinajstić information content (AvgIpc) is 3.12. The number of rotatable bonds is 3. The molecule has 1 aliphatic heterocycles. The maximum absolute atomic E-state index is 13.6. The number of nitrogens with one attached hydrogen (secondary N) is 1. The van der Waals surface area contributed by atoms with Crippen LogP contribution in [0, 0.1) is 11.6 Å². The standard InChI is InChI=1S/C18H14F2N4O2/c1-18(11-5-6-13(19)14(20)8-11)16(25)24(17(26)22-18)10-12-9-23-7-3-2-4-15(23)21-12/h2-9H,10H2,1H3,(H,22,26). The van der Waals surface area contributed by atoms with Crippen molar-refractivity contribution >= 4 is 17.6 Å². The second kappa shape index (κ2) is 5.62. The van der Waals surface area contributed by atoms with E-state index in [1.807, 2.05) is 18.3 Å². The predicted molar refractivity (Wildman–Crippen MR) is 88.0 cm³/mol. The molecule has 0 aliphatic carbocycles. The summed E-state index contributed by atoms with van der Waals surface area (Å²) in [7, 11) is 0. The van der Waals surface area contributed by atoms with Crippen molar-refractivity contribution in [2.45, 2.75) is 19.0 Å². The Morgan fingerprint density at radius 3 is 2.69 bits per heavy atom. The molecule has 3 aromatic rings. The SMILES string of the molecule is CC1(c2ccc(F)c(F)c2)NC(=O)N(Cc2cn3ccccc3n2)C1=O. The molecule has 0 spiro atoms. The van der Waals surface area contributed by atoms with Crippen molar-refractivity contribution in [2.75, 3.05) is 0 Å². The van der Waals surface area contributed by atoms with Crippen LogP contribution in [0.5, 0.6) is 0 Å². The highest BCUT2D eigenvalue weighted by molar-refractivity contribution is 6.07. The number of nitrogens with zero attached hydrogens (tertiary/aromatic N) is 3. The van der Waals surface area contributed by atoms with Gasteiger partial charge in [0, 0.05) is 12.4 Å². The Bertz CT molecular complexity index is 1020. The first kappa shape index (κ1) is 16.2. The topological polar surface area (TPSA) is 66.7 Å². The summed E-state index contributed by atoms with van der Waals surface area (Å²) in [4.78, 5) is 30.6. The number of urea groups is 1. The molecule has 1 unspecified atom stereocenters. The van der Waals surface area contributed by atoms with Crippen LogP contribution in [0.2, 0.25) is 0 Å². The van der Waals surface area contributed by atoms with Crippen LogP contribution in [0.25, 0.3) is 5.65 Å². The van der Waals surface area contributed by atoms with Gasteiger partial charge in [0.2, 0.25) is 0 Å². The van der Waals surface area contributed by atoms with E-state index in [9.17, 15) is 18.4 Å². The Hall–Kier alpha value is -3.29. The van der Waals surface area contributed by atoms with Gasteiger partial charge < -0.3 is 9.72 Å². The van der Waals surface area contributed by atoms with E-state index in [1.54, 1.807) is 16.7 Å². The molecule has 132 valence electrons. The highest BCUT2D eigenvalue weighted by Gasteiger charge is 2.49. The number of amides is 3. The Morgan fingerprint density at radius 2 is 1.96 bits per heavy atom. The van der Waals surface area contributed by atoms with Crippen LogP contribution in [0.1, 0.15) is 18.2 Å². The molecule has 1 atom stereocenters. The molecule has 0 radical (unpaired) electrons. The molecule has 0 bridgehead atoms. The first-order valence-corrected chi connectivity index (χ1v) is 7.91. The number of aromatic nitrogens is 2. The van der Waals surface area contributed by atoms with E-state index in [1.165, 1.54) is 13.0 Å². The molecular weight excluding hydrogens is 342 g/mol. The second-order valence-corrected chi connectivity index (χ2v) is 6.27. The fraction of sp³-hybridized carbons (Fsp3) is 0.167. The summed E-state index contributed by atoms with van der Waals surface area (Å²) in [5, 5.41) is 2.56. The highest BCUT2D eigenvalue weighted by atomic mass is 19.2. The van der Waals surface area contributed by atoms with Crippen molar-refractivity contribution in [3.8, 4) is 0 Å². The first-order chi connectivity index (χ1) is 12.4. The van der Waals surface area contributed by atoms with Crippen molar-refractivity contribution in [1.82, 2.24) is 19.6 Å². The van der Waals surface area contributed by atoms with Crippen molar-refractivity contribution < 1.29 is 18.4 Å². The first-order valence-electron chi connectivity index (χ1n) is 7.91. The van der Waals surface area contributed by atoms with Gasteiger partial charge in [0.1, 0.15) is 11.2 Å². The third-order valence-electron chi connectivity index (χ3n) is 4.51. The van der Waals surface area contributed by atoms with E-state index in [4.69, 9.17) is 0 Å². The minimum Gasteiger partial charge on any atom is -0.319 e.